The van der Waals surface area contributed by atoms with Crippen molar-refractivity contribution in [3.8, 4) is 0 Å². The Kier molecular flexibility index (Phi) is 4.01. The number of hydrogen-bond acceptors (Lipinski definition) is 8. The number of hydrogen-bond donors (Lipinski definition) is 0. The van der Waals surface area contributed by atoms with Gasteiger partial charge in [-0.25, -0.2) is 0 Å². The van der Waals surface area contributed by atoms with Gasteiger partial charge in [0, 0.05) is 12.5 Å². The Morgan fingerprint density at radius 1 is 1.07 bits per heavy atom. The highest BCUT2D eigenvalue weighted by Crippen LogP contribution is 2.71. The van der Waals surface area contributed by atoms with Crippen LogP contribution in [0.5, 0.6) is 0 Å². The minimum Gasteiger partial charge on any atom is -0.262 e. The van der Waals surface area contributed by atoms with Gasteiger partial charge in [0.1, 0.15) is 0 Å². The lowest BCUT2D eigenvalue weighted by molar-refractivity contribution is -0.591. The molecule has 0 saturated heterocycles. The van der Waals surface area contributed by atoms with Gasteiger partial charge in [0.25, 0.3) is 5.69 Å². The second kappa shape index (κ2) is 5.76. The zero-order chi connectivity index (χ0) is 20.2. The molecule has 0 amide bonds. The molecule has 3 rings (SSSR count). The van der Waals surface area contributed by atoms with E-state index in [0.29, 0.717) is 6.42 Å². The lowest BCUT2D eigenvalue weighted by atomic mass is 9.67. The van der Waals surface area contributed by atoms with E-state index in [0.717, 1.165) is 24.6 Å². The normalized spacial score (nSPS) is 31.3. The zero-order valence-electron chi connectivity index (χ0n) is 15.1. The van der Waals surface area contributed by atoms with Crippen LogP contribution in [0.25, 0.3) is 0 Å². The van der Waals surface area contributed by atoms with E-state index in [9.17, 15) is 30.3 Å². The predicted octanol–water partition coefficient (Wildman–Crippen LogP) is 4.41. The number of nitrogens with zero attached hydrogens (tertiary/aromatic N) is 5. The molecule has 0 aromatic heterocycles. The molecule has 27 heavy (non-hydrogen) atoms. The molecule has 0 heterocycles. The van der Waals surface area contributed by atoms with Crippen molar-refractivity contribution in [2.24, 2.45) is 27.0 Å². The van der Waals surface area contributed by atoms with E-state index in [2.05, 4.69) is 10.2 Å². The van der Waals surface area contributed by atoms with Gasteiger partial charge in [-0.2, -0.15) is 0 Å². The van der Waals surface area contributed by atoms with Gasteiger partial charge in [-0.3, -0.25) is 30.3 Å². The SMILES string of the molecule is CC1(C)[C@@H]2CC[C@@]1(C)C(N=Nc1ccc([N+](=O)[O-])cc1[N+](=O)[O-])([N+](=O)[O-])C2. The average molecular weight is 377 g/mol. The Morgan fingerprint density at radius 3 is 2.19 bits per heavy atom. The number of fused-ring (bicyclic) bond motifs is 2. The molecule has 11 heteroatoms. The third-order valence-electron chi connectivity index (χ3n) is 6.84. The van der Waals surface area contributed by atoms with Crippen molar-refractivity contribution in [3.63, 3.8) is 0 Å². The Morgan fingerprint density at radius 2 is 1.74 bits per heavy atom. The Bertz CT molecular complexity index is 884. The van der Waals surface area contributed by atoms with E-state index in [-0.39, 0.29) is 23.4 Å². The molecule has 1 aromatic rings. The summed E-state index contributed by atoms with van der Waals surface area (Å²) in [5, 5.41) is 42.0. The Hall–Kier alpha value is -2.98. The number of rotatable bonds is 5. The minimum atomic E-state index is -1.67. The Balaban J connectivity index is 2.08. The van der Waals surface area contributed by atoms with Crippen molar-refractivity contribution in [1.82, 2.24) is 0 Å². The van der Waals surface area contributed by atoms with Crippen LogP contribution in [0.1, 0.15) is 40.0 Å². The molecule has 0 spiro atoms. The molecule has 0 N–H and O–H groups in total. The molecular formula is C16H19N5O6. The summed E-state index contributed by atoms with van der Waals surface area (Å²) in [5.41, 5.74) is -4.05. The molecule has 2 bridgehead atoms. The molecule has 3 atom stereocenters. The van der Waals surface area contributed by atoms with Crippen LogP contribution < -0.4 is 0 Å². The molecule has 11 nitrogen and oxygen atoms in total. The summed E-state index contributed by atoms with van der Waals surface area (Å²) < 4.78 is 0. The van der Waals surface area contributed by atoms with Crippen molar-refractivity contribution in [2.45, 2.75) is 45.7 Å². The van der Waals surface area contributed by atoms with Gasteiger partial charge in [-0.15, -0.1) is 10.2 Å². The minimum absolute atomic E-state index is 0.110. The highest BCUT2D eigenvalue weighted by molar-refractivity contribution is 5.61. The van der Waals surface area contributed by atoms with Crippen molar-refractivity contribution in [1.29, 1.82) is 0 Å². The molecule has 1 unspecified atom stereocenters. The van der Waals surface area contributed by atoms with Gasteiger partial charge in [0.05, 0.1) is 26.3 Å². The van der Waals surface area contributed by atoms with E-state index < -0.39 is 37.2 Å². The van der Waals surface area contributed by atoms with Crippen LogP contribution in [-0.2, 0) is 0 Å². The fourth-order valence-corrected chi connectivity index (χ4v) is 4.70. The molecule has 2 saturated carbocycles. The van der Waals surface area contributed by atoms with Crippen LogP contribution in [0, 0.1) is 47.1 Å². The highest BCUT2D eigenvalue weighted by atomic mass is 16.6. The van der Waals surface area contributed by atoms with Gasteiger partial charge < -0.3 is 0 Å². The smallest absolute Gasteiger partial charge is 0.262 e. The van der Waals surface area contributed by atoms with Crippen LogP contribution in [0.2, 0.25) is 0 Å². The van der Waals surface area contributed by atoms with Crippen LogP contribution in [0.15, 0.2) is 28.4 Å². The topological polar surface area (TPSA) is 154 Å². The van der Waals surface area contributed by atoms with E-state index in [1.54, 1.807) is 0 Å². The fraction of sp³-hybridized carbons (Fsp3) is 0.625. The highest BCUT2D eigenvalue weighted by Gasteiger charge is 2.76. The fourth-order valence-electron chi connectivity index (χ4n) is 4.70. The second-order valence-corrected chi connectivity index (χ2v) is 7.95. The summed E-state index contributed by atoms with van der Waals surface area (Å²) in [6.45, 7) is 5.80. The summed E-state index contributed by atoms with van der Waals surface area (Å²) in [4.78, 5) is 32.1. The second-order valence-electron chi connectivity index (χ2n) is 7.95. The molecule has 1 aromatic carbocycles. The third-order valence-corrected chi connectivity index (χ3v) is 6.84. The summed E-state index contributed by atoms with van der Waals surface area (Å²) in [7, 11) is 0. The number of non-ortho nitro benzene ring substituents is 1. The van der Waals surface area contributed by atoms with Crippen LogP contribution in [-0.4, -0.2) is 20.4 Å². The van der Waals surface area contributed by atoms with Gasteiger partial charge in [0.15, 0.2) is 5.69 Å². The third kappa shape index (κ3) is 2.41. The Labute approximate surface area is 153 Å². The van der Waals surface area contributed by atoms with Crippen molar-refractivity contribution >= 4 is 17.1 Å². The molecular weight excluding hydrogens is 358 g/mol. The molecule has 144 valence electrons. The lowest BCUT2D eigenvalue weighted by Crippen LogP contribution is -2.51. The maximum absolute atomic E-state index is 12.0. The molecule has 0 aliphatic heterocycles. The first-order valence-electron chi connectivity index (χ1n) is 8.46. The average Bonchev–Trinajstić information content (AvgIpc) is 2.91. The largest absolute Gasteiger partial charge is 0.335 e. The van der Waals surface area contributed by atoms with Gasteiger partial charge >= 0.3 is 11.4 Å². The summed E-state index contributed by atoms with van der Waals surface area (Å²) in [6.07, 6.45) is 1.70. The van der Waals surface area contributed by atoms with Crippen LogP contribution in [0.4, 0.5) is 17.1 Å². The molecule has 2 aliphatic rings. The van der Waals surface area contributed by atoms with Crippen molar-refractivity contribution in [2.75, 3.05) is 0 Å². The zero-order valence-corrected chi connectivity index (χ0v) is 15.1. The first-order chi connectivity index (χ1) is 12.5. The molecule has 2 fully saturated rings. The first kappa shape index (κ1) is 18.8. The summed E-state index contributed by atoms with van der Waals surface area (Å²) in [5.74, 6) is 0.110. The van der Waals surface area contributed by atoms with Crippen molar-refractivity contribution in [3.05, 3.63) is 48.5 Å². The van der Waals surface area contributed by atoms with Gasteiger partial charge in [0.2, 0.25) is 0 Å². The lowest BCUT2D eigenvalue weighted by Gasteiger charge is -2.38. The molecule has 2 aliphatic carbocycles. The van der Waals surface area contributed by atoms with E-state index >= 15 is 0 Å². The van der Waals surface area contributed by atoms with E-state index in [1.165, 1.54) is 0 Å². The maximum atomic E-state index is 12.0. The predicted molar refractivity (Wildman–Crippen MR) is 93.2 cm³/mol. The van der Waals surface area contributed by atoms with Crippen LogP contribution >= 0.6 is 0 Å². The first-order valence-corrected chi connectivity index (χ1v) is 8.46. The van der Waals surface area contributed by atoms with E-state index in [1.807, 2.05) is 20.8 Å². The standard InChI is InChI=1S/C16H19N5O6/c1-14(2)10-6-7-15(14,3)16(9-10,21(26)27)18-17-12-5-4-11(19(22)23)8-13(12)20(24)25/h4-5,8,10H,6-7,9H2,1-3H3/t10-,15-,16?/m1/s1. The molecule has 0 radical (unpaired) electrons. The summed E-state index contributed by atoms with van der Waals surface area (Å²) >= 11 is 0. The van der Waals surface area contributed by atoms with E-state index in [4.69, 9.17) is 0 Å². The monoisotopic (exact) mass is 377 g/mol. The van der Waals surface area contributed by atoms with Gasteiger partial charge in [-0.05, 0) is 30.2 Å². The number of nitro benzene ring substituents is 2. The quantitative estimate of drug-likeness (QED) is 0.420. The van der Waals surface area contributed by atoms with Crippen molar-refractivity contribution < 1.29 is 14.8 Å². The maximum Gasteiger partial charge on any atom is 0.335 e. The summed E-state index contributed by atoms with van der Waals surface area (Å²) in [6, 6.07) is 2.93. The van der Waals surface area contributed by atoms with Crippen LogP contribution in [0.3, 0.4) is 0 Å². The number of benzene rings is 1. The van der Waals surface area contributed by atoms with Gasteiger partial charge in [-0.1, -0.05) is 20.8 Å². The number of nitro groups is 3. The number of azo groups is 1.